The van der Waals surface area contributed by atoms with Crippen LogP contribution in [0.1, 0.15) is 0 Å². The standard InChI is InChI=1S/C14H11N3O/c1-18-11-8-6-10(7-9-11)14-12-4-2-3-5-13(12)15-17-16-14/h2-9H,1H3. The average molecular weight is 237 g/mol. The summed E-state index contributed by atoms with van der Waals surface area (Å²) >= 11 is 0. The Balaban J connectivity index is 2.18. The molecule has 0 fully saturated rings. The molecular weight excluding hydrogens is 226 g/mol. The van der Waals surface area contributed by atoms with Crippen LogP contribution in [-0.4, -0.2) is 22.5 Å². The van der Waals surface area contributed by atoms with Crippen LogP contribution in [0.5, 0.6) is 5.75 Å². The van der Waals surface area contributed by atoms with Crippen molar-refractivity contribution in [1.82, 2.24) is 15.4 Å². The largest absolute Gasteiger partial charge is 0.497 e. The summed E-state index contributed by atoms with van der Waals surface area (Å²) in [7, 11) is 1.65. The maximum Gasteiger partial charge on any atom is 0.118 e. The maximum atomic E-state index is 5.14. The Morgan fingerprint density at radius 1 is 0.889 bits per heavy atom. The van der Waals surface area contributed by atoms with E-state index in [2.05, 4.69) is 15.4 Å². The fraction of sp³-hybridized carbons (Fsp3) is 0.0714. The molecule has 0 amide bonds. The second kappa shape index (κ2) is 4.41. The predicted octanol–water partition coefficient (Wildman–Crippen LogP) is 2.70. The van der Waals surface area contributed by atoms with E-state index in [0.717, 1.165) is 27.9 Å². The highest BCUT2D eigenvalue weighted by molar-refractivity contribution is 5.91. The topological polar surface area (TPSA) is 47.9 Å². The first-order chi connectivity index (χ1) is 8.88. The molecule has 0 aliphatic carbocycles. The van der Waals surface area contributed by atoms with Crippen LogP contribution >= 0.6 is 0 Å². The van der Waals surface area contributed by atoms with Crippen molar-refractivity contribution in [2.75, 3.05) is 7.11 Å². The molecule has 2 aromatic carbocycles. The van der Waals surface area contributed by atoms with Crippen molar-refractivity contribution in [2.45, 2.75) is 0 Å². The lowest BCUT2D eigenvalue weighted by Crippen LogP contribution is -1.93. The molecule has 18 heavy (non-hydrogen) atoms. The van der Waals surface area contributed by atoms with Gasteiger partial charge in [-0.1, -0.05) is 18.2 Å². The summed E-state index contributed by atoms with van der Waals surface area (Å²) < 4.78 is 5.14. The van der Waals surface area contributed by atoms with Crippen LogP contribution in [0.4, 0.5) is 0 Å². The molecule has 4 nitrogen and oxygen atoms in total. The van der Waals surface area contributed by atoms with E-state index in [1.54, 1.807) is 7.11 Å². The van der Waals surface area contributed by atoms with E-state index in [4.69, 9.17) is 4.74 Å². The lowest BCUT2D eigenvalue weighted by atomic mass is 10.1. The third-order valence-electron chi connectivity index (χ3n) is 2.82. The first-order valence-corrected chi connectivity index (χ1v) is 5.61. The van der Waals surface area contributed by atoms with Gasteiger partial charge in [0.15, 0.2) is 0 Å². The fourth-order valence-electron chi connectivity index (χ4n) is 1.89. The predicted molar refractivity (Wildman–Crippen MR) is 69.3 cm³/mol. The number of aromatic nitrogens is 3. The lowest BCUT2D eigenvalue weighted by molar-refractivity contribution is 0.415. The zero-order valence-corrected chi connectivity index (χ0v) is 9.87. The monoisotopic (exact) mass is 237 g/mol. The molecule has 4 heteroatoms. The van der Waals surface area contributed by atoms with Gasteiger partial charge in [-0.2, -0.15) is 0 Å². The fourth-order valence-corrected chi connectivity index (χ4v) is 1.89. The molecule has 0 aliphatic rings. The van der Waals surface area contributed by atoms with Gasteiger partial charge in [0, 0.05) is 10.9 Å². The van der Waals surface area contributed by atoms with Crippen molar-refractivity contribution in [3.05, 3.63) is 48.5 Å². The molecule has 0 N–H and O–H groups in total. The van der Waals surface area contributed by atoms with Crippen LogP contribution in [0.15, 0.2) is 48.5 Å². The summed E-state index contributed by atoms with van der Waals surface area (Å²) in [6, 6.07) is 15.6. The molecule has 0 bridgehead atoms. The molecular formula is C14H11N3O. The van der Waals surface area contributed by atoms with Gasteiger partial charge in [0.25, 0.3) is 0 Å². The van der Waals surface area contributed by atoms with Crippen molar-refractivity contribution < 1.29 is 4.74 Å². The Morgan fingerprint density at radius 3 is 2.44 bits per heavy atom. The number of fused-ring (bicyclic) bond motifs is 1. The molecule has 0 atom stereocenters. The number of benzene rings is 2. The molecule has 88 valence electrons. The summed E-state index contributed by atoms with van der Waals surface area (Å²) in [4.78, 5) is 0. The number of methoxy groups -OCH3 is 1. The van der Waals surface area contributed by atoms with Crippen LogP contribution in [-0.2, 0) is 0 Å². The van der Waals surface area contributed by atoms with Gasteiger partial charge in [-0.25, -0.2) is 0 Å². The van der Waals surface area contributed by atoms with E-state index >= 15 is 0 Å². The maximum absolute atomic E-state index is 5.14. The zero-order chi connectivity index (χ0) is 12.4. The minimum atomic E-state index is 0.824. The van der Waals surface area contributed by atoms with Gasteiger partial charge in [-0.3, -0.25) is 0 Å². The van der Waals surface area contributed by atoms with E-state index in [0.29, 0.717) is 0 Å². The number of nitrogens with zero attached hydrogens (tertiary/aromatic N) is 3. The number of hydrogen-bond donors (Lipinski definition) is 0. The Bertz CT molecular complexity index is 675. The molecule has 0 spiro atoms. The summed E-state index contributed by atoms with van der Waals surface area (Å²) in [5, 5.41) is 12.9. The molecule has 0 unspecified atom stereocenters. The summed E-state index contributed by atoms with van der Waals surface area (Å²) in [6.07, 6.45) is 0. The van der Waals surface area contributed by atoms with Gasteiger partial charge in [0.2, 0.25) is 0 Å². The molecule has 1 heterocycles. The highest BCUT2D eigenvalue weighted by Gasteiger charge is 2.06. The highest BCUT2D eigenvalue weighted by Crippen LogP contribution is 2.25. The van der Waals surface area contributed by atoms with E-state index < -0.39 is 0 Å². The van der Waals surface area contributed by atoms with Crippen molar-refractivity contribution in [2.24, 2.45) is 0 Å². The molecule has 0 saturated carbocycles. The highest BCUT2D eigenvalue weighted by atomic mass is 16.5. The number of hydrogen-bond acceptors (Lipinski definition) is 4. The van der Waals surface area contributed by atoms with E-state index in [1.807, 2.05) is 48.5 Å². The number of ether oxygens (including phenoxy) is 1. The molecule has 0 radical (unpaired) electrons. The van der Waals surface area contributed by atoms with Gasteiger partial charge < -0.3 is 4.74 Å². The Hall–Kier alpha value is -2.49. The zero-order valence-electron chi connectivity index (χ0n) is 9.87. The van der Waals surface area contributed by atoms with Gasteiger partial charge in [-0.15, -0.1) is 10.2 Å². The van der Waals surface area contributed by atoms with Gasteiger partial charge in [0.1, 0.15) is 11.4 Å². The second-order valence-electron chi connectivity index (χ2n) is 3.88. The van der Waals surface area contributed by atoms with E-state index in [-0.39, 0.29) is 0 Å². The Kier molecular flexibility index (Phi) is 2.61. The van der Waals surface area contributed by atoms with Crippen molar-refractivity contribution in [3.8, 4) is 17.0 Å². The first kappa shape index (κ1) is 10.7. The van der Waals surface area contributed by atoms with Crippen LogP contribution in [0.2, 0.25) is 0 Å². The first-order valence-electron chi connectivity index (χ1n) is 5.61. The number of rotatable bonds is 2. The minimum absolute atomic E-state index is 0.824. The van der Waals surface area contributed by atoms with Crippen molar-refractivity contribution >= 4 is 10.9 Å². The normalized spacial score (nSPS) is 10.5. The summed E-state index contributed by atoms with van der Waals surface area (Å²) in [5.41, 5.74) is 2.68. The average Bonchev–Trinajstić information content (AvgIpc) is 2.47. The molecule has 0 saturated heterocycles. The van der Waals surface area contributed by atoms with Crippen LogP contribution in [0.25, 0.3) is 22.2 Å². The third kappa shape index (κ3) is 1.78. The van der Waals surface area contributed by atoms with Crippen molar-refractivity contribution in [3.63, 3.8) is 0 Å². The smallest absolute Gasteiger partial charge is 0.118 e. The van der Waals surface area contributed by atoms with Crippen LogP contribution in [0, 0.1) is 0 Å². The van der Waals surface area contributed by atoms with E-state index in [9.17, 15) is 0 Å². The molecule has 3 rings (SSSR count). The molecule has 0 aliphatic heterocycles. The Morgan fingerprint density at radius 2 is 1.67 bits per heavy atom. The van der Waals surface area contributed by atoms with Crippen molar-refractivity contribution in [1.29, 1.82) is 0 Å². The van der Waals surface area contributed by atoms with Gasteiger partial charge >= 0.3 is 0 Å². The quantitative estimate of drug-likeness (QED) is 0.687. The Labute approximate surface area is 104 Å². The minimum Gasteiger partial charge on any atom is -0.497 e. The van der Waals surface area contributed by atoms with Crippen LogP contribution in [0.3, 0.4) is 0 Å². The lowest BCUT2D eigenvalue weighted by Gasteiger charge is -2.04. The summed E-state index contributed by atoms with van der Waals surface area (Å²) in [6.45, 7) is 0. The van der Waals surface area contributed by atoms with Gasteiger partial charge in [-0.05, 0) is 35.5 Å². The summed E-state index contributed by atoms with van der Waals surface area (Å²) in [5.74, 6) is 0.824. The molecule has 3 aromatic rings. The van der Waals surface area contributed by atoms with E-state index in [1.165, 1.54) is 0 Å². The SMILES string of the molecule is COc1ccc(-c2nnnc3ccccc23)cc1. The molecule has 1 aromatic heterocycles. The third-order valence-corrected chi connectivity index (χ3v) is 2.82. The second-order valence-corrected chi connectivity index (χ2v) is 3.88. The van der Waals surface area contributed by atoms with Crippen LogP contribution < -0.4 is 4.74 Å². The van der Waals surface area contributed by atoms with Gasteiger partial charge in [0.05, 0.1) is 12.6 Å².